The van der Waals surface area contributed by atoms with Crippen LogP contribution in [0.2, 0.25) is 0 Å². The minimum atomic E-state index is -4.49. The van der Waals surface area contributed by atoms with Crippen LogP contribution in [0.1, 0.15) is 6.92 Å². The second-order valence-electron chi connectivity index (χ2n) is 2.88. The summed E-state index contributed by atoms with van der Waals surface area (Å²) in [6.45, 7) is 1.34. The zero-order valence-corrected chi connectivity index (χ0v) is 9.94. The Balaban J connectivity index is 2.58. The van der Waals surface area contributed by atoms with Crippen molar-refractivity contribution in [2.45, 2.75) is 12.3 Å². The molecule has 1 heterocycles. The molecular formula is C7H10NO6PS. The smallest absolute Gasteiger partial charge is 0.469 e. The average Bonchev–Trinajstić information content (AvgIpc) is 2.46. The number of phosphoric ester groups is 1. The van der Waals surface area contributed by atoms with Gasteiger partial charge in [0.05, 0.1) is 6.61 Å². The molecule has 0 bridgehead atoms. The maximum absolute atomic E-state index is 10.6. The molecule has 9 heteroatoms. The van der Waals surface area contributed by atoms with Crippen molar-refractivity contribution >= 4 is 31.3 Å². The minimum absolute atomic E-state index is 0.286. The molecule has 0 fully saturated rings. The lowest BCUT2D eigenvalue weighted by Gasteiger charge is -2.02. The van der Waals surface area contributed by atoms with Gasteiger partial charge in [0.15, 0.2) is 5.37 Å². The third kappa shape index (κ3) is 4.07. The number of aliphatic imine (C=N–C) groups is 1. The van der Waals surface area contributed by atoms with Crippen molar-refractivity contribution in [2.24, 2.45) is 4.99 Å². The van der Waals surface area contributed by atoms with Crippen LogP contribution in [0.4, 0.5) is 0 Å². The molecule has 0 saturated carbocycles. The number of hydrogen-bond donors (Lipinski definition) is 3. The van der Waals surface area contributed by atoms with E-state index in [-0.39, 0.29) is 6.61 Å². The number of allylic oxidation sites excluding steroid dienone is 1. The molecule has 16 heavy (non-hydrogen) atoms. The number of carbonyl (C=O) groups is 1. The molecule has 0 saturated heterocycles. The molecule has 7 nitrogen and oxygen atoms in total. The highest BCUT2D eigenvalue weighted by Gasteiger charge is 2.26. The number of hydrogen-bond acceptors (Lipinski definition) is 5. The van der Waals surface area contributed by atoms with Gasteiger partial charge < -0.3 is 14.9 Å². The van der Waals surface area contributed by atoms with Gasteiger partial charge >= 0.3 is 13.8 Å². The van der Waals surface area contributed by atoms with Gasteiger partial charge in [-0.3, -0.25) is 9.52 Å². The summed E-state index contributed by atoms with van der Waals surface area (Å²) < 4.78 is 14.6. The molecule has 0 aromatic carbocycles. The van der Waals surface area contributed by atoms with Gasteiger partial charge in [-0.05, 0) is 13.0 Å². The third-order valence-electron chi connectivity index (χ3n) is 1.63. The van der Waals surface area contributed by atoms with E-state index >= 15 is 0 Å². The predicted octanol–water partition coefficient (Wildman–Crippen LogP) is 0.598. The Kier molecular flexibility index (Phi) is 4.28. The Morgan fingerprint density at radius 3 is 2.75 bits per heavy atom. The summed E-state index contributed by atoms with van der Waals surface area (Å²) in [5.74, 6) is -1.05. The van der Waals surface area contributed by atoms with Crippen LogP contribution in [0.3, 0.4) is 0 Å². The zero-order valence-electron chi connectivity index (χ0n) is 8.23. The Hall–Kier alpha value is -0.660. The standard InChI is InChI=1S/C7H10NO6PS/c1-4-5(2-3-14-15(11,12)13)16-6(8-4)7(9)10/h2,6H,3H2,1H3,(H,9,10)(H2,11,12,13). The van der Waals surface area contributed by atoms with Crippen LogP contribution < -0.4 is 0 Å². The van der Waals surface area contributed by atoms with E-state index < -0.39 is 19.2 Å². The summed E-state index contributed by atoms with van der Waals surface area (Å²) in [7, 11) is -4.49. The fourth-order valence-corrected chi connectivity index (χ4v) is 2.19. The van der Waals surface area contributed by atoms with Crippen LogP contribution in [0.5, 0.6) is 0 Å². The first kappa shape index (κ1) is 13.4. The van der Waals surface area contributed by atoms with Crippen molar-refractivity contribution in [2.75, 3.05) is 6.61 Å². The number of phosphoric acid groups is 1. The van der Waals surface area contributed by atoms with Crippen molar-refractivity contribution in [3.05, 3.63) is 11.0 Å². The molecule has 1 atom stereocenters. The predicted molar refractivity (Wildman–Crippen MR) is 58.2 cm³/mol. The molecule has 0 aromatic rings. The number of rotatable bonds is 4. The number of carboxylic acids is 1. The first-order valence-corrected chi connectivity index (χ1v) is 6.55. The van der Waals surface area contributed by atoms with Crippen molar-refractivity contribution in [3.8, 4) is 0 Å². The van der Waals surface area contributed by atoms with Gasteiger partial charge in [-0.15, -0.1) is 0 Å². The maximum atomic E-state index is 10.6. The van der Waals surface area contributed by atoms with E-state index in [9.17, 15) is 9.36 Å². The van der Waals surface area contributed by atoms with Gasteiger partial charge in [-0.1, -0.05) is 11.8 Å². The Morgan fingerprint density at radius 2 is 2.31 bits per heavy atom. The van der Waals surface area contributed by atoms with Crippen LogP contribution in [-0.2, 0) is 13.9 Å². The molecule has 0 aromatic heterocycles. The van der Waals surface area contributed by atoms with Gasteiger partial charge in [0.2, 0.25) is 0 Å². The summed E-state index contributed by atoms with van der Waals surface area (Å²) in [5, 5.41) is 7.80. The first-order chi connectivity index (χ1) is 7.29. The molecule has 1 rings (SSSR count). The largest absolute Gasteiger partial charge is 0.479 e. The molecule has 3 N–H and O–H groups in total. The molecule has 1 unspecified atom stereocenters. The fraction of sp³-hybridized carbons (Fsp3) is 0.429. The van der Waals surface area contributed by atoms with Crippen LogP contribution in [0.15, 0.2) is 16.0 Å². The van der Waals surface area contributed by atoms with E-state index in [1.54, 1.807) is 6.92 Å². The molecule has 90 valence electrons. The molecular weight excluding hydrogens is 257 g/mol. The Bertz CT molecular complexity index is 400. The summed E-state index contributed by atoms with van der Waals surface area (Å²) in [4.78, 5) is 31.9. The van der Waals surface area contributed by atoms with Gasteiger partial charge in [-0.2, -0.15) is 0 Å². The van der Waals surface area contributed by atoms with Crippen LogP contribution in [-0.4, -0.2) is 38.6 Å². The lowest BCUT2D eigenvalue weighted by Crippen LogP contribution is -2.10. The van der Waals surface area contributed by atoms with Crippen molar-refractivity contribution in [1.82, 2.24) is 0 Å². The molecule has 1 aliphatic heterocycles. The zero-order chi connectivity index (χ0) is 12.3. The average molecular weight is 267 g/mol. The van der Waals surface area contributed by atoms with E-state index in [0.29, 0.717) is 10.6 Å². The van der Waals surface area contributed by atoms with Crippen molar-refractivity contribution < 1.29 is 28.8 Å². The number of aliphatic carboxylic acids is 1. The van der Waals surface area contributed by atoms with Crippen LogP contribution in [0, 0.1) is 0 Å². The van der Waals surface area contributed by atoms with Crippen LogP contribution >= 0.6 is 19.6 Å². The molecule has 0 aliphatic carbocycles. The lowest BCUT2D eigenvalue weighted by atomic mass is 10.3. The van der Waals surface area contributed by atoms with E-state index in [2.05, 4.69) is 9.52 Å². The highest BCUT2D eigenvalue weighted by molar-refractivity contribution is 8.05. The normalized spacial score (nSPS) is 23.6. The second kappa shape index (κ2) is 5.11. The van der Waals surface area contributed by atoms with Gasteiger partial charge in [0, 0.05) is 10.6 Å². The van der Waals surface area contributed by atoms with Crippen LogP contribution in [0.25, 0.3) is 0 Å². The van der Waals surface area contributed by atoms with E-state index in [1.807, 2.05) is 0 Å². The van der Waals surface area contributed by atoms with Crippen molar-refractivity contribution in [1.29, 1.82) is 0 Å². The van der Waals surface area contributed by atoms with Gasteiger partial charge in [-0.25, -0.2) is 9.36 Å². The monoisotopic (exact) mass is 267 g/mol. The van der Waals surface area contributed by atoms with Gasteiger partial charge in [0.1, 0.15) is 0 Å². The topological polar surface area (TPSA) is 116 Å². The first-order valence-electron chi connectivity index (χ1n) is 4.14. The van der Waals surface area contributed by atoms with Gasteiger partial charge in [0.25, 0.3) is 0 Å². The number of thioether (sulfide) groups is 1. The summed E-state index contributed by atoms with van der Waals surface area (Å²) in [6.07, 6.45) is 1.39. The van der Waals surface area contributed by atoms with E-state index in [4.69, 9.17) is 14.9 Å². The number of carboxylic acid groups (broad SMARTS) is 1. The fourth-order valence-electron chi connectivity index (χ4n) is 0.983. The summed E-state index contributed by atoms with van der Waals surface area (Å²) in [5.41, 5.74) is 0.520. The molecule has 1 aliphatic rings. The summed E-state index contributed by atoms with van der Waals surface area (Å²) in [6, 6.07) is 0. The molecule has 0 spiro atoms. The SMILES string of the molecule is CC1=NC(C(=O)O)SC1=CCOP(=O)(O)O. The van der Waals surface area contributed by atoms with E-state index in [0.717, 1.165) is 11.8 Å². The Labute approximate surface area is 95.5 Å². The highest BCUT2D eigenvalue weighted by atomic mass is 32.2. The van der Waals surface area contributed by atoms with Crippen molar-refractivity contribution in [3.63, 3.8) is 0 Å². The quantitative estimate of drug-likeness (QED) is 0.638. The maximum Gasteiger partial charge on any atom is 0.469 e. The van der Waals surface area contributed by atoms with E-state index in [1.165, 1.54) is 6.08 Å². The summed E-state index contributed by atoms with van der Waals surface area (Å²) >= 11 is 1.00. The third-order valence-corrected chi connectivity index (χ3v) is 3.36. The molecule has 0 radical (unpaired) electrons. The Morgan fingerprint density at radius 1 is 1.69 bits per heavy atom. The lowest BCUT2D eigenvalue weighted by molar-refractivity contribution is -0.136. The number of nitrogens with zero attached hydrogens (tertiary/aromatic N) is 1. The molecule has 0 amide bonds. The second-order valence-corrected chi connectivity index (χ2v) is 5.24. The highest BCUT2D eigenvalue weighted by Crippen LogP contribution is 2.36. The minimum Gasteiger partial charge on any atom is -0.479 e.